The van der Waals surface area contributed by atoms with Crippen LogP contribution in [0.15, 0.2) is 36.7 Å². The van der Waals surface area contributed by atoms with Crippen molar-refractivity contribution in [2.75, 3.05) is 5.32 Å². The zero-order valence-corrected chi connectivity index (χ0v) is 14.7. The highest BCUT2D eigenvalue weighted by atomic mass is 35.5. The lowest BCUT2D eigenvalue weighted by atomic mass is 10.2. The predicted molar refractivity (Wildman–Crippen MR) is 95.8 cm³/mol. The monoisotopic (exact) mass is 331 g/mol. The van der Waals surface area contributed by atoms with Crippen LogP contribution >= 0.6 is 11.6 Å². The van der Waals surface area contributed by atoms with E-state index in [1.807, 2.05) is 36.6 Å². The topological polar surface area (TPSA) is 55.6 Å². The molecule has 0 aliphatic carbocycles. The van der Waals surface area contributed by atoms with Crippen LogP contribution in [0.1, 0.15) is 39.3 Å². The molecule has 122 valence electrons. The van der Waals surface area contributed by atoms with Gasteiger partial charge in [-0.05, 0) is 31.0 Å². The average Bonchev–Trinajstić information content (AvgIpc) is 2.99. The summed E-state index contributed by atoms with van der Waals surface area (Å²) in [6, 6.07) is 10.4. The third-order valence-electron chi connectivity index (χ3n) is 3.25. The van der Waals surface area contributed by atoms with E-state index in [4.69, 9.17) is 11.6 Å². The number of nitrogens with zero attached hydrogens (tertiary/aromatic N) is 4. The van der Waals surface area contributed by atoms with E-state index >= 15 is 0 Å². The first-order chi connectivity index (χ1) is 11.1. The molecule has 3 aromatic rings. The first kappa shape index (κ1) is 17.2. The third kappa shape index (κ3) is 3.99. The molecule has 0 unspecified atom stereocenters. The van der Waals surface area contributed by atoms with Crippen molar-refractivity contribution in [3.63, 3.8) is 0 Å². The van der Waals surface area contributed by atoms with Crippen molar-refractivity contribution in [2.45, 2.75) is 40.3 Å². The lowest BCUT2D eigenvalue weighted by Crippen LogP contribution is -2.05. The van der Waals surface area contributed by atoms with Crippen LogP contribution in [0, 0.1) is 0 Å². The Labute approximate surface area is 141 Å². The normalized spacial score (nSPS) is 10.5. The molecular formula is C17H22ClN5. The molecule has 6 heteroatoms. The molecule has 0 saturated heterocycles. The van der Waals surface area contributed by atoms with Gasteiger partial charge in [0.1, 0.15) is 0 Å². The van der Waals surface area contributed by atoms with Gasteiger partial charge in [-0.2, -0.15) is 9.97 Å². The van der Waals surface area contributed by atoms with Gasteiger partial charge in [0.25, 0.3) is 0 Å². The number of fused-ring (bicyclic) bond motifs is 1. The van der Waals surface area contributed by atoms with E-state index in [9.17, 15) is 0 Å². The van der Waals surface area contributed by atoms with E-state index in [1.165, 1.54) is 5.56 Å². The van der Waals surface area contributed by atoms with Crippen molar-refractivity contribution >= 4 is 28.6 Å². The molecule has 0 bridgehead atoms. The van der Waals surface area contributed by atoms with Gasteiger partial charge in [0, 0.05) is 12.6 Å². The van der Waals surface area contributed by atoms with E-state index < -0.39 is 0 Å². The Hall–Kier alpha value is -2.14. The fourth-order valence-corrected chi connectivity index (χ4v) is 2.34. The van der Waals surface area contributed by atoms with Crippen molar-refractivity contribution in [1.29, 1.82) is 0 Å². The maximum absolute atomic E-state index is 6.04. The molecule has 1 N–H and O–H groups in total. The summed E-state index contributed by atoms with van der Waals surface area (Å²) in [4.78, 5) is 13.0. The molecule has 0 spiro atoms. The summed E-state index contributed by atoms with van der Waals surface area (Å²) in [5.41, 5.74) is 2.66. The van der Waals surface area contributed by atoms with E-state index in [2.05, 4.69) is 46.2 Å². The van der Waals surface area contributed by atoms with Gasteiger partial charge < -0.3 is 9.88 Å². The van der Waals surface area contributed by atoms with Crippen LogP contribution in [0.5, 0.6) is 0 Å². The van der Waals surface area contributed by atoms with E-state index in [0.717, 1.165) is 11.2 Å². The molecule has 0 aliphatic rings. The van der Waals surface area contributed by atoms with Crippen LogP contribution in [0.25, 0.3) is 11.2 Å². The Kier molecular flexibility index (Phi) is 5.93. The highest BCUT2D eigenvalue weighted by molar-refractivity contribution is 6.28. The van der Waals surface area contributed by atoms with Crippen LogP contribution in [0.3, 0.4) is 0 Å². The van der Waals surface area contributed by atoms with Gasteiger partial charge in [-0.25, -0.2) is 4.98 Å². The van der Waals surface area contributed by atoms with E-state index in [-0.39, 0.29) is 11.3 Å². The van der Waals surface area contributed by atoms with Gasteiger partial charge in [0.15, 0.2) is 17.0 Å². The smallest absolute Gasteiger partial charge is 0.226 e. The van der Waals surface area contributed by atoms with Gasteiger partial charge in [-0.15, -0.1) is 0 Å². The molecule has 2 aromatic heterocycles. The molecular weight excluding hydrogens is 310 g/mol. The Balaban J connectivity index is 0.000000924. The van der Waals surface area contributed by atoms with Crippen LogP contribution < -0.4 is 5.32 Å². The van der Waals surface area contributed by atoms with Gasteiger partial charge in [0.05, 0.1) is 6.33 Å². The summed E-state index contributed by atoms with van der Waals surface area (Å²) in [5, 5.41) is 3.51. The molecule has 0 radical (unpaired) electrons. The van der Waals surface area contributed by atoms with Crippen molar-refractivity contribution in [3.05, 3.63) is 47.5 Å². The number of nitrogens with one attached hydrogen (secondary N) is 1. The molecule has 23 heavy (non-hydrogen) atoms. The minimum atomic E-state index is 0.223. The van der Waals surface area contributed by atoms with Crippen molar-refractivity contribution < 1.29 is 0 Å². The maximum Gasteiger partial charge on any atom is 0.226 e. The SMILES string of the molecule is CC.CC(C)n1cnc2c(NCc3ccccc3)nc(Cl)nc21. The number of anilines is 1. The number of rotatable bonds is 4. The summed E-state index contributed by atoms with van der Waals surface area (Å²) in [6.45, 7) is 8.82. The minimum absolute atomic E-state index is 0.223. The summed E-state index contributed by atoms with van der Waals surface area (Å²) in [7, 11) is 0. The molecule has 0 saturated carbocycles. The van der Waals surface area contributed by atoms with Crippen LogP contribution in [-0.2, 0) is 6.54 Å². The maximum atomic E-state index is 6.04. The fraction of sp³-hybridized carbons (Fsp3) is 0.353. The average molecular weight is 332 g/mol. The number of hydrogen-bond donors (Lipinski definition) is 1. The minimum Gasteiger partial charge on any atom is -0.364 e. The van der Waals surface area contributed by atoms with Crippen molar-refractivity contribution in [1.82, 2.24) is 19.5 Å². The fourth-order valence-electron chi connectivity index (χ4n) is 2.17. The second-order valence-electron chi connectivity index (χ2n) is 5.10. The lowest BCUT2D eigenvalue weighted by molar-refractivity contribution is 0.612. The predicted octanol–water partition coefficient (Wildman–Crippen LogP) is 4.70. The molecule has 0 fully saturated rings. The second kappa shape index (κ2) is 7.92. The molecule has 1 aromatic carbocycles. The number of halogens is 1. The Morgan fingerprint density at radius 2 is 1.83 bits per heavy atom. The Bertz CT molecular complexity index is 752. The third-order valence-corrected chi connectivity index (χ3v) is 3.42. The molecule has 0 amide bonds. The summed E-state index contributed by atoms with van der Waals surface area (Å²) in [5.74, 6) is 0.660. The molecule has 2 heterocycles. The number of hydrogen-bond acceptors (Lipinski definition) is 4. The first-order valence-electron chi connectivity index (χ1n) is 7.83. The quantitative estimate of drug-likeness (QED) is 0.704. The van der Waals surface area contributed by atoms with Gasteiger partial charge in [-0.1, -0.05) is 44.2 Å². The number of imidazole rings is 1. The molecule has 0 aliphatic heterocycles. The Morgan fingerprint density at radius 3 is 2.48 bits per heavy atom. The van der Waals surface area contributed by atoms with Crippen molar-refractivity contribution in [2.24, 2.45) is 0 Å². The van der Waals surface area contributed by atoms with Crippen molar-refractivity contribution in [3.8, 4) is 0 Å². The van der Waals surface area contributed by atoms with Crippen LogP contribution in [0.2, 0.25) is 5.28 Å². The Morgan fingerprint density at radius 1 is 1.13 bits per heavy atom. The highest BCUT2D eigenvalue weighted by Gasteiger charge is 2.13. The first-order valence-corrected chi connectivity index (χ1v) is 8.21. The highest BCUT2D eigenvalue weighted by Crippen LogP contribution is 2.23. The zero-order valence-electron chi connectivity index (χ0n) is 13.9. The lowest BCUT2D eigenvalue weighted by Gasteiger charge is -2.09. The number of aromatic nitrogens is 4. The largest absolute Gasteiger partial charge is 0.364 e. The number of benzene rings is 1. The van der Waals surface area contributed by atoms with Gasteiger partial charge in [-0.3, -0.25) is 0 Å². The summed E-state index contributed by atoms with van der Waals surface area (Å²) >= 11 is 6.04. The standard InChI is InChI=1S/C15H16ClN5.C2H6/c1-10(2)21-9-18-12-13(19-15(16)20-14(12)21)17-8-11-6-4-3-5-7-11;1-2/h3-7,9-10H,8H2,1-2H3,(H,17,19,20);1-2H3. The summed E-state index contributed by atoms with van der Waals surface area (Å²) < 4.78 is 1.98. The van der Waals surface area contributed by atoms with Gasteiger partial charge >= 0.3 is 0 Å². The van der Waals surface area contributed by atoms with Crippen LogP contribution in [-0.4, -0.2) is 19.5 Å². The molecule has 3 rings (SSSR count). The molecule has 0 atom stereocenters. The molecule has 5 nitrogen and oxygen atoms in total. The van der Waals surface area contributed by atoms with Crippen LogP contribution in [0.4, 0.5) is 5.82 Å². The van der Waals surface area contributed by atoms with E-state index in [1.54, 1.807) is 6.33 Å². The van der Waals surface area contributed by atoms with E-state index in [0.29, 0.717) is 12.4 Å². The zero-order chi connectivity index (χ0) is 16.8. The summed E-state index contributed by atoms with van der Waals surface area (Å²) in [6.07, 6.45) is 1.77. The second-order valence-corrected chi connectivity index (χ2v) is 5.44. The van der Waals surface area contributed by atoms with Gasteiger partial charge in [0.2, 0.25) is 5.28 Å².